The van der Waals surface area contributed by atoms with Gasteiger partial charge < -0.3 is 15.3 Å². The van der Waals surface area contributed by atoms with Gasteiger partial charge in [-0.2, -0.15) is 0 Å². The minimum absolute atomic E-state index is 0.0565. The Morgan fingerprint density at radius 1 is 1.42 bits per heavy atom. The molecule has 12 heavy (non-hydrogen) atoms. The van der Waals surface area contributed by atoms with Gasteiger partial charge in [0.05, 0.1) is 0 Å². The minimum Gasteiger partial charge on any atom is -0.479 e. The summed E-state index contributed by atoms with van der Waals surface area (Å²) in [5, 5.41) is 28.9. The van der Waals surface area contributed by atoms with Crippen molar-refractivity contribution < 1.29 is 20.1 Å². The van der Waals surface area contributed by atoms with Gasteiger partial charge in [0.25, 0.3) is 0 Å². The molecule has 0 bridgehead atoms. The van der Waals surface area contributed by atoms with Crippen LogP contribution in [0.5, 0.6) is 0 Å². The maximum absolute atomic E-state index is 10.1. The molecule has 0 aromatic rings. The number of hydrogen-bond acceptors (Lipinski definition) is 4. The van der Waals surface area contributed by atoms with E-state index in [1.165, 1.54) is 0 Å². The van der Waals surface area contributed by atoms with E-state index in [1.807, 2.05) is 13.8 Å². The molecule has 0 heterocycles. The number of nitrogens with one attached hydrogen (secondary N) is 1. The Bertz CT molecular complexity index is 148. The fourth-order valence-electron chi connectivity index (χ4n) is 0.765. The van der Waals surface area contributed by atoms with Crippen molar-refractivity contribution >= 4 is 5.97 Å². The SMILES string of the molecule is CC(C)NC(O)CC(O)C(=O)O. The molecule has 0 aliphatic heterocycles. The molecule has 0 aromatic heterocycles. The van der Waals surface area contributed by atoms with E-state index >= 15 is 0 Å². The summed E-state index contributed by atoms with van der Waals surface area (Å²) in [7, 11) is 0. The van der Waals surface area contributed by atoms with Crippen molar-refractivity contribution in [2.24, 2.45) is 0 Å². The van der Waals surface area contributed by atoms with Gasteiger partial charge in [-0.15, -0.1) is 0 Å². The van der Waals surface area contributed by atoms with Crippen LogP contribution >= 0.6 is 0 Å². The maximum atomic E-state index is 10.1. The summed E-state index contributed by atoms with van der Waals surface area (Å²) < 4.78 is 0. The van der Waals surface area contributed by atoms with Crippen molar-refractivity contribution in [2.75, 3.05) is 0 Å². The van der Waals surface area contributed by atoms with E-state index in [1.54, 1.807) is 0 Å². The lowest BCUT2D eigenvalue weighted by Crippen LogP contribution is -2.38. The molecule has 4 N–H and O–H groups in total. The summed E-state index contributed by atoms with van der Waals surface area (Å²) in [5.74, 6) is -1.32. The first-order chi connectivity index (χ1) is 5.43. The second kappa shape index (κ2) is 5.08. The quantitative estimate of drug-likeness (QED) is 0.410. The monoisotopic (exact) mass is 177 g/mol. The van der Waals surface area contributed by atoms with E-state index < -0.39 is 18.3 Å². The molecule has 5 heteroatoms. The topological polar surface area (TPSA) is 89.8 Å². The van der Waals surface area contributed by atoms with Gasteiger partial charge in [-0.3, -0.25) is 5.32 Å². The Morgan fingerprint density at radius 3 is 2.25 bits per heavy atom. The zero-order valence-corrected chi connectivity index (χ0v) is 7.19. The van der Waals surface area contributed by atoms with Gasteiger partial charge >= 0.3 is 5.97 Å². The van der Waals surface area contributed by atoms with E-state index in [0.717, 1.165) is 0 Å². The average molecular weight is 177 g/mol. The minimum atomic E-state index is -1.51. The Balaban J connectivity index is 3.68. The van der Waals surface area contributed by atoms with Crippen LogP contribution in [0.2, 0.25) is 0 Å². The summed E-state index contributed by atoms with van der Waals surface area (Å²) in [6.07, 6.45) is -2.68. The molecule has 0 amide bonds. The van der Waals surface area contributed by atoms with Crippen LogP contribution in [0.4, 0.5) is 0 Å². The third-order valence-electron chi connectivity index (χ3n) is 1.26. The van der Waals surface area contributed by atoms with Gasteiger partial charge in [-0.1, -0.05) is 0 Å². The summed E-state index contributed by atoms with van der Waals surface area (Å²) >= 11 is 0. The van der Waals surface area contributed by atoms with Gasteiger partial charge in [-0.25, -0.2) is 4.79 Å². The van der Waals surface area contributed by atoms with Gasteiger partial charge in [0.15, 0.2) is 6.10 Å². The Hall–Kier alpha value is -0.650. The van der Waals surface area contributed by atoms with Crippen molar-refractivity contribution in [3.63, 3.8) is 0 Å². The zero-order valence-electron chi connectivity index (χ0n) is 7.19. The molecule has 0 saturated heterocycles. The summed E-state index contributed by atoms with van der Waals surface area (Å²) in [6, 6.07) is 0.0565. The summed E-state index contributed by atoms with van der Waals surface area (Å²) in [4.78, 5) is 10.1. The smallest absolute Gasteiger partial charge is 0.332 e. The molecule has 0 aromatic carbocycles. The van der Waals surface area contributed by atoms with Crippen molar-refractivity contribution in [2.45, 2.75) is 38.6 Å². The second-order valence-corrected chi connectivity index (χ2v) is 2.93. The van der Waals surface area contributed by atoms with E-state index in [-0.39, 0.29) is 12.5 Å². The van der Waals surface area contributed by atoms with Crippen LogP contribution in [0.25, 0.3) is 0 Å². The molecule has 2 atom stereocenters. The number of carboxylic acid groups (broad SMARTS) is 1. The molecule has 0 radical (unpaired) electrons. The predicted molar refractivity (Wildman–Crippen MR) is 42.5 cm³/mol. The Morgan fingerprint density at radius 2 is 1.92 bits per heavy atom. The lowest BCUT2D eigenvalue weighted by atomic mass is 10.2. The maximum Gasteiger partial charge on any atom is 0.332 e. The number of carbonyl (C=O) groups is 1. The first-order valence-electron chi connectivity index (χ1n) is 3.78. The Labute approximate surface area is 71.0 Å². The van der Waals surface area contributed by atoms with E-state index in [4.69, 9.17) is 15.3 Å². The van der Waals surface area contributed by atoms with E-state index in [2.05, 4.69) is 5.32 Å². The number of rotatable bonds is 5. The number of hydrogen-bond donors (Lipinski definition) is 4. The normalized spacial score (nSPS) is 16.1. The summed E-state index contributed by atoms with van der Waals surface area (Å²) in [6.45, 7) is 3.63. The molecule has 0 aliphatic carbocycles. The molecule has 0 rings (SSSR count). The third-order valence-corrected chi connectivity index (χ3v) is 1.26. The van der Waals surface area contributed by atoms with Crippen LogP contribution in [0.15, 0.2) is 0 Å². The first kappa shape index (κ1) is 11.4. The van der Waals surface area contributed by atoms with Crippen molar-refractivity contribution in [3.8, 4) is 0 Å². The third kappa shape index (κ3) is 5.06. The predicted octanol–water partition coefficient (Wildman–Crippen LogP) is -0.862. The highest BCUT2D eigenvalue weighted by Gasteiger charge is 2.18. The molecule has 0 fully saturated rings. The molecule has 72 valence electrons. The van der Waals surface area contributed by atoms with Crippen LogP contribution in [0.1, 0.15) is 20.3 Å². The van der Waals surface area contributed by atoms with Gasteiger partial charge in [0, 0.05) is 12.5 Å². The van der Waals surface area contributed by atoms with Crippen LogP contribution in [0, 0.1) is 0 Å². The zero-order chi connectivity index (χ0) is 9.72. The number of aliphatic hydroxyl groups excluding tert-OH is 2. The molecular weight excluding hydrogens is 162 g/mol. The number of aliphatic hydroxyl groups is 2. The second-order valence-electron chi connectivity index (χ2n) is 2.93. The number of aliphatic carboxylic acids is 1. The fourth-order valence-corrected chi connectivity index (χ4v) is 0.765. The van der Waals surface area contributed by atoms with E-state index in [0.29, 0.717) is 0 Å². The molecule has 2 unspecified atom stereocenters. The van der Waals surface area contributed by atoms with Crippen molar-refractivity contribution in [1.29, 1.82) is 0 Å². The number of carboxylic acids is 1. The fraction of sp³-hybridized carbons (Fsp3) is 0.857. The Kier molecular flexibility index (Phi) is 4.80. The lowest BCUT2D eigenvalue weighted by Gasteiger charge is -2.16. The van der Waals surface area contributed by atoms with Crippen LogP contribution < -0.4 is 5.32 Å². The van der Waals surface area contributed by atoms with Gasteiger partial charge in [-0.05, 0) is 13.8 Å². The molecule has 5 nitrogen and oxygen atoms in total. The van der Waals surface area contributed by atoms with Gasteiger partial charge in [0.1, 0.15) is 6.23 Å². The highest BCUT2D eigenvalue weighted by molar-refractivity contribution is 5.71. The molecule has 0 aliphatic rings. The van der Waals surface area contributed by atoms with E-state index in [9.17, 15) is 4.79 Å². The van der Waals surface area contributed by atoms with Crippen LogP contribution in [0.3, 0.4) is 0 Å². The standard InChI is InChI=1S/C7H15NO4/c1-4(2)8-6(10)3-5(9)7(11)12/h4-6,8-10H,3H2,1-2H3,(H,11,12). The van der Waals surface area contributed by atoms with Crippen molar-refractivity contribution in [3.05, 3.63) is 0 Å². The highest BCUT2D eigenvalue weighted by Crippen LogP contribution is 1.96. The van der Waals surface area contributed by atoms with Crippen molar-refractivity contribution in [1.82, 2.24) is 5.32 Å². The van der Waals surface area contributed by atoms with Crippen LogP contribution in [-0.2, 0) is 4.79 Å². The average Bonchev–Trinajstić information content (AvgIpc) is 1.84. The summed E-state index contributed by atoms with van der Waals surface area (Å²) in [5.41, 5.74) is 0. The lowest BCUT2D eigenvalue weighted by molar-refractivity contribution is -0.148. The van der Waals surface area contributed by atoms with Crippen LogP contribution in [-0.4, -0.2) is 39.7 Å². The highest BCUT2D eigenvalue weighted by atomic mass is 16.4. The first-order valence-corrected chi connectivity index (χ1v) is 3.78. The largest absolute Gasteiger partial charge is 0.479 e. The molecular formula is C7H15NO4. The molecule has 0 spiro atoms. The van der Waals surface area contributed by atoms with Gasteiger partial charge in [0.2, 0.25) is 0 Å². The molecule has 0 saturated carbocycles.